The Balaban J connectivity index is 1.45. The quantitative estimate of drug-likeness (QED) is 0.932. The molecule has 1 aliphatic carbocycles. The molecule has 4 nitrogen and oxygen atoms in total. The zero-order valence-corrected chi connectivity index (χ0v) is 14.5. The van der Waals surface area contributed by atoms with Crippen molar-refractivity contribution >= 4 is 11.6 Å². The van der Waals surface area contributed by atoms with Gasteiger partial charge in [0.1, 0.15) is 0 Å². The minimum Gasteiger partial charge on any atom is -0.369 e. The van der Waals surface area contributed by atoms with E-state index >= 15 is 0 Å². The number of hydrogen-bond acceptors (Lipinski definition) is 3. The number of pyridine rings is 1. The number of nitrogens with zero attached hydrogens (tertiary/aromatic N) is 2. The van der Waals surface area contributed by atoms with E-state index in [1.165, 1.54) is 5.69 Å². The molecule has 1 atom stereocenters. The molecule has 2 heterocycles. The molecule has 1 aromatic heterocycles. The molecule has 2 aliphatic rings. The predicted octanol–water partition coefficient (Wildman–Crippen LogP) is 3.29. The fraction of sp³-hybridized carbons (Fsp3) is 0.429. The van der Waals surface area contributed by atoms with Crippen molar-refractivity contribution < 1.29 is 4.79 Å². The Labute approximate surface area is 149 Å². The van der Waals surface area contributed by atoms with E-state index in [4.69, 9.17) is 0 Å². The maximum atomic E-state index is 13.1. The first kappa shape index (κ1) is 16.1. The summed E-state index contributed by atoms with van der Waals surface area (Å²) in [6, 6.07) is 14.7. The summed E-state index contributed by atoms with van der Waals surface area (Å²) in [5, 5.41) is 3.36. The highest BCUT2D eigenvalue weighted by Crippen LogP contribution is 2.44. The number of anilines is 1. The standard InChI is InChI=1S/C21H25N3O/c25-20(21(11-5-12-21)17-9-13-22-14-10-17)23-18-6-4-15-24(16-18)19-7-2-1-3-8-19/h1-3,7-10,13-14,18H,4-6,11-12,15-16H2,(H,23,25)/t18-/m0/s1. The van der Waals surface area contributed by atoms with E-state index in [-0.39, 0.29) is 17.4 Å². The highest BCUT2D eigenvalue weighted by molar-refractivity contribution is 5.89. The average molecular weight is 335 g/mol. The monoisotopic (exact) mass is 335 g/mol. The van der Waals surface area contributed by atoms with E-state index in [1.54, 1.807) is 12.4 Å². The molecule has 1 saturated carbocycles. The Kier molecular flexibility index (Phi) is 4.43. The number of amides is 1. The number of hydrogen-bond donors (Lipinski definition) is 1. The molecule has 0 radical (unpaired) electrons. The molecule has 1 amide bonds. The van der Waals surface area contributed by atoms with Crippen molar-refractivity contribution in [1.82, 2.24) is 10.3 Å². The molecular formula is C21H25N3O. The fourth-order valence-corrected chi connectivity index (χ4v) is 4.14. The molecule has 4 rings (SSSR count). The highest BCUT2D eigenvalue weighted by atomic mass is 16.2. The molecule has 25 heavy (non-hydrogen) atoms. The van der Waals surface area contributed by atoms with E-state index in [0.717, 1.165) is 50.8 Å². The molecule has 1 aliphatic heterocycles. The van der Waals surface area contributed by atoms with Gasteiger partial charge in [-0.2, -0.15) is 0 Å². The predicted molar refractivity (Wildman–Crippen MR) is 99.6 cm³/mol. The Morgan fingerprint density at radius 1 is 1.08 bits per heavy atom. The number of aromatic nitrogens is 1. The fourth-order valence-electron chi connectivity index (χ4n) is 4.14. The van der Waals surface area contributed by atoms with Crippen molar-refractivity contribution in [2.75, 3.05) is 18.0 Å². The molecule has 0 bridgehead atoms. The van der Waals surface area contributed by atoms with Gasteiger partial charge in [-0.3, -0.25) is 9.78 Å². The van der Waals surface area contributed by atoms with Crippen molar-refractivity contribution in [2.24, 2.45) is 0 Å². The smallest absolute Gasteiger partial charge is 0.230 e. The number of carbonyl (C=O) groups is 1. The minimum absolute atomic E-state index is 0.199. The van der Waals surface area contributed by atoms with Crippen LogP contribution in [-0.2, 0) is 10.2 Å². The third-order valence-electron chi connectivity index (χ3n) is 5.75. The van der Waals surface area contributed by atoms with E-state index < -0.39 is 0 Å². The van der Waals surface area contributed by atoms with Gasteiger partial charge < -0.3 is 10.2 Å². The normalized spacial score (nSPS) is 22.1. The van der Waals surface area contributed by atoms with Gasteiger partial charge in [0.25, 0.3) is 0 Å². The van der Waals surface area contributed by atoms with Gasteiger partial charge in [0.15, 0.2) is 0 Å². The number of benzene rings is 1. The Bertz CT molecular complexity index is 712. The summed E-state index contributed by atoms with van der Waals surface area (Å²) in [5.74, 6) is 0.199. The van der Waals surface area contributed by atoms with Gasteiger partial charge >= 0.3 is 0 Å². The number of nitrogens with one attached hydrogen (secondary N) is 1. The second kappa shape index (κ2) is 6.87. The lowest BCUT2D eigenvalue weighted by Crippen LogP contribution is -2.55. The van der Waals surface area contributed by atoms with Gasteiger partial charge in [-0.15, -0.1) is 0 Å². The number of rotatable bonds is 4. The third-order valence-corrected chi connectivity index (χ3v) is 5.75. The summed E-state index contributed by atoms with van der Waals surface area (Å²) in [4.78, 5) is 19.6. The van der Waals surface area contributed by atoms with E-state index in [9.17, 15) is 4.79 Å². The van der Waals surface area contributed by atoms with Crippen molar-refractivity contribution in [1.29, 1.82) is 0 Å². The highest BCUT2D eigenvalue weighted by Gasteiger charge is 2.46. The first-order valence-electron chi connectivity index (χ1n) is 9.29. The number of carbonyl (C=O) groups excluding carboxylic acids is 1. The Morgan fingerprint density at radius 3 is 2.52 bits per heavy atom. The molecule has 2 aromatic rings. The molecule has 1 N–H and O–H groups in total. The SMILES string of the molecule is O=C(N[C@H]1CCCN(c2ccccc2)C1)C1(c2ccncc2)CCC1. The lowest BCUT2D eigenvalue weighted by Gasteiger charge is -2.43. The molecule has 130 valence electrons. The van der Waals surface area contributed by atoms with E-state index in [0.29, 0.717) is 0 Å². The van der Waals surface area contributed by atoms with Crippen molar-refractivity contribution in [3.63, 3.8) is 0 Å². The Morgan fingerprint density at radius 2 is 1.84 bits per heavy atom. The van der Waals surface area contributed by atoms with Crippen LogP contribution in [0.15, 0.2) is 54.9 Å². The van der Waals surface area contributed by atoms with Gasteiger partial charge in [-0.05, 0) is 55.5 Å². The maximum absolute atomic E-state index is 13.1. The molecule has 1 aromatic carbocycles. The van der Waals surface area contributed by atoms with Crippen LogP contribution in [0, 0.1) is 0 Å². The first-order chi connectivity index (χ1) is 12.3. The largest absolute Gasteiger partial charge is 0.369 e. The van der Waals surface area contributed by atoms with Crippen LogP contribution in [0.25, 0.3) is 0 Å². The minimum atomic E-state index is -0.335. The molecule has 1 saturated heterocycles. The van der Waals surface area contributed by atoms with Gasteiger partial charge in [-0.25, -0.2) is 0 Å². The van der Waals surface area contributed by atoms with Gasteiger partial charge in [0.2, 0.25) is 5.91 Å². The summed E-state index contributed by atoms with van der Waals surface area (Å²) in [6.07, 6.45) is 8.76. The molecule has 4 heteroatoms. The topological polar surface area (TPSA) is 45.2 Å². The molecular weight excluding hydrogens is 310 g/mol. The van der Waals surface area contributed by atoms with Crippen LogP contribution in [0.4, 0.5) is 5.69 Å². The van der Waals surface area contributed by atoms with Crippen LogP contribution < -0.4 is 10.2 Å². The zero-order chi connectivity index (χ0) is 17.1. The first-order valence-corrected chi connectivity index (χ1v) is 9.29. The molecule has 2 fully saturated rings. The van der Waals surface area contributed by atoms with Crippen LogP contribution in [0.3, 0.4) is 0 Å². The molecule has 0 unspecified atom stereocenters. The Hall–Kier alpha value is -2.36. The average Bonchev–Trinajstić information content (AvgIpc) is 2.63. The van der Waals surface area contributed by atoms with Crippen LogP contribution in [0.5, 0.6) is 0 Å². The lowest BCUT2D eigenvalue weighted by molar-refractivity contribution is -0.130. The zero-order valence-electron chi connectivity index (χ0n) is 14.5. The third kappa shape index (κ3) is 3.13. The van der Waals surface area contributed by atoms with Crippen molar-refractivity contribution in [3.8, 4) is 0 Å². The van der Waals surface area contributed by atoms with E-state index in [2.05, 4.69) is 39.5 Å². The van der Waals surface area contributed by atoms with Gasteiger partial charge in [-0.1, -0.05) is 24.6 Å². The summed E-state index contributed by atoms with van der Waals surface area (Å²) >= 11 is 0. The second-order valence-corrected chi connectivity index (χ2v) is 7.27. The van der Waals surface area contributed by atoms with E-state index in [1.807, 2.05) is 18.2 Å². The number of para-hydroxylation sites is 1. The number of piperidine rings is 1. The van der Waals surface area contributed by atoms with Gasteiger partial charge in [0.05, 0.1) is 5.41 Å². The van der Waals surface area contributed by atoms with Crippen molar-refractivity contribution in [2.45, 2.75) is 43.6 Å². The summed E-state index contributed by atoms with van der Waals surface area (Å²) in [7, 11) is 0. The van der Waals surface area contributed by atoms with Crippen LogP contribution in [0.1, 0.15) is 37.7 Å². The molecule has 0 spiro atoms. The van der Waals surface area contributed by atoms with Crippen molar-refractivity contribution in [3.05, 3.63) is 60.4 Å². The summed E-state index contributed by atoms with van der Waals surface area (Å²) < 4.78 is 0. The van der Waals surface area contributed by atoms with Gasteiger partial charge in [0, 0.05) is 37.2 Å². The summed E-state index contributed by atoms with van der Waals surface area (Å²) in [6.45, 7) is 1.95. The summed E-state index contributed by atoms with van der Waals surface area (Å²) in [5.41, 5.74) is 2.02. The van der Waals surface area contributed by atoms with Crippen LogP contribution >= 0.6 is 0 Å². The van der Waals surface area contributed by atoms with Crippen LogP contribution in [-0.4, -0.2) is 30.0 Å². The second-order valence-electron chi connectivity index (χ2n) is 7.27. The van der Waals surface area contributed by atoms with Crippen LogP contribution in [0.2, 0.25) is 0 Å². The maximum Gasteiger partial charge on any atom is 0.230 e. The lowest BCUT2D eigenvalue weighted by atomic mass is 9.64.